The third-order valence-corrected chi connectivity index (χ3v) is 9.98. The molecule has 0 radical (unpaired) electrons. The molecule has 2 aromatic heterocycles. The van der Waals surface area contributed by atoms with Crippen LogP contribution in [0.2, 0.25) is 0 Å². The van der Waals surface area contributed by atoms with E-state index in [0.717, 1.165) is 50.2 Å². The van der Waals surface area contributed by atoms with Crippen molar-refractivity contribution >= 4 is 9.84 Å². The molecule has 34 heavy (non-hydrogen) atoms. The van der Waals surface area contributed by atoms with Crippen molar-refractivity contribution in [2.45, 2.75) is 64.2 Å². The standard InChI is InChI=1S/C24H31F3N4O2S/c1-15(2)31-22(11-21(29-31)20-9-17(4-6-28-20)24(25,26)27)19-10-18(8-16(19)3)30-7-5-23(12-30)13-34(32,33)14-23/h4,6,9,11,15-16,18-19H,5,7-8,10,12-14H2,1-3H3/t16-,18+,19+/m0/s1. The van der Waals surface area contributed by atoms with E-state index in [2.05, 4.69) is 21.9 Å². The Morgan fingerprint density at radius 2 is 1.88 bits per heavy atom. The van der Waals surface area contributed by atoms with Crippen LogP contribution in [-0.2, 0) is 16.0 Å². The van der Waals surface area contributed by atoms with Crippen molar-refractivity contribution in [2.75, 3.05) is 24.6 Å². The number of hydrogen-bond acceptors (Lipinski definition) is 5. The molecule has 0 bridgehead atoms. The quantitative estimate of drug-likeness (QED) is 0.621. The van der Waals surface area contributed by atoms with Crippen LogP contribution >= 0.6 is 0 Å². The second kappa shape index (κ2) is 8.05. The molecule has 1 aliphatic carbocycles. The Labute approximate surface area is 198 Å². The fourth-order valence-corrected chi connectivity index (χ4v) is 8.56. The molecule has 186 valence electrons. The van der Waals surface area contributed by atoms with Crippen molar-refractivity contribution in [1.82, 2.24) is 19.7 Å². The third kappa shape index (κ3) is 4.27. The molecule has 6 nitrogen and oxygen atoms in total. The number of alkyl halides is 3. The predicted octanol–water partition coefficient (Wildman–Crippen LogP) is 4.55. The Morgan fingerprint density at radius 1 is 1.15 bits per heavy atom. The van der Waals surface area contributed by atoms with Crippen LogP contribution in [0.4, 0.5) is 13.2 Å². The lowest BCUT2D eigenvalue weighted by molar-refractivity contribution is -0.137. The van der Waals surface area contributed by atoms with Gasteiger partial charge >= 0.3 is 6.18 Å². The first-order valence-electron chi connectivity index (χ1n) is 11.9. The molecular weight excluding hydrogens is 465 g/mol. The lowest BCUT2D eigenvalue weighted by atomic mass is 9.91. The van der Waals surface area contributed by atoms with Crippen molar-refractivity contribution in [1.29, 1.82) is 0 Å². The number of aromatic nitrogens is 3. The summed E-state index contributed by atoms with van der Waals surface area (Å²) in [5, 5.41) is 4.67. The second-order valence-corrected chi connectivity index (χ2v) is 12.9. The largest absolute Gasteiger partial charge is 0.416 e. The zero-order chi connectivity index (χ0) is 24.5. The predicted molar refractivity (Wildman–Crippen MR) is 123 cm³/mol. The molecule has 0 amide bonds. The number of pyridine rings is 1. The van der Waals surface area contributed by atoms with E-state index < -0.39 is 21.6 Å². The highest BCUT2D eigenvalue weighted by Crippen LogP contribution is 2.48. The van der Waals surface area contributed by atoms with Crippen molar-refractivity contribution < 1.29 is 21.6 Å². The van der Waals surface area contributed by atoms with Crippen molar-refractivity contribution in [3.63, 3.8) is 0 Å². The lowest BCUT2D eigenvalue weighted by Crippen LogP contribution is -2.50. The van der Waals surface area contributed by atoms with Gasteiger partial charge in [0.15, 0.2) is 9.84 Å². The van der Waals surface area contributed by atoms with E-state index in [9.17, 15) is 21.6 Å². The maximum atomic E-state index is 13.2. The molecule has 10 heteroatoms. The van der Waals surface area contributed by atoms with Crippen LogP contribution in [0.25, 0.3) is 11.4 Å². The first-order chi connectivity index (χ1) is 15.9. The van der Waals surface area contributed by atoms with Crippen molar-refractivity contribution in [2.24, 2.45) is 11.3 Å². The Morgan fingerprint density at radius 3 is 2.53 bits per heavy atom. The molecule has 4 heterocycles. The van der Waals surface area contributed by atoms with Gasteiger partial charge in [-0.2, -0.15) is 18.3 Å². The molecule has 0 unspecified atom stereocenters. The van der Waals surface area contributed by atoms with Crippen LogP contribution < -0.4 is 0 Å². The van der Waals surface area contributed by atoms with E-state index in [1.807, 2.05) is 24.6 Å². The molecule has 1 spiro atoms. The lowest BCUT2D eigenvalue weighted by Gasteiger charge is -2.38. The maximum absolute atomic E-state index is 13.2. The third-order valence-electron chi connectivity index (χ3n) is 7.88. The van der Waals surface area contributed by atoms with Gasteiger partial charge in [-0.1, -0.05) is 6.92 Å². The minimum absolute atomic E-state index is 0.0534. The van der Waals surface area contributed by atoms with Gasteiger partial charge in [0.25, 0.3) is 0 Å². The summed E-state index contributed by atoms with van der Waals surface area (Å²) < 4.78 is 65.1. The van der Waals surface area contributed by atoms with E-state index in [-0.39, 0.29) is 23.1 Å². The molecule has 3 aliphatic rings. The molecule has 3 fully saturated rings. The second-order valence-electron chi connectivity index (χ2n) is 10.9. The molecule has 3 atom stereocenters. The zero-order valence-corrected chi connectivity index (χ0v) is 20.5. The number of halogens is 3. The Balaban J connectivity index is 1.38. The average molecular weight is 497 g/mol. The summed E-state index contributed by atoms with van der Waals surface area (Å²) in [6.07, 6.45) is -0.339. The Bertz CT molecular complexity index is 1180. The van der Waals surface area contributed by atoms with Gasteiger partial charge in [-0.05, 0) is 63.8 Å². The minimum Gasteiger partial charge on any atom is -0.300 e. The Hall–Kier alpha value is -1.94. The van der Waals surface area contributed by atoms with Crippen LogP contribution in [0.15, 0.2) is 24.4 Å². The van der Waals surface area contributed by atoms with Crippen molar-refractivity contribution in [3.05, 3.63) is 35.7 Å². The smallest absolute Gasteiger partial charge is 0.300 e. The van der Waals surface area contributed by atoms with Gasteiger partial charge in [-0.15, -0.1) is 0 Å². The fraction of sp³-hybridized carbons (Fsp3) is 0.667. The summed E-state index contributed by atoms with van der Waals surface area (Å²) in [7, 11) is -2.85. The summed E-state index contributed by atoms with van der Waals surface area (Å²) >= 11 is 0. The number of nitrogens with zero attached hydrogens (tertiary/aromatic N) is 4. The molecule has 0 aromatic carbocycles. The molecule has 2 aromatic rings. The number of sulfone groups is 1. The Kier molecular flexibility index (Phi) is 5.63. The normalized spacial score (nSPS) is 28.6. The zero-order valence-electron chi connectivity index (χ0n) is 19.7. The summed E-state index contributed by atoms with van der Waals surface area (Å²) in [5.74, 6) is 1.26. The van der Waals surface area contributed by atoms with Crippen LogP contribution in [0.1, 0.15) is 63.3 Å². The summed E-state index contributed by atoms with van der Waals surface area (Å²) in [5.41, 5.74) is 0.950. The van der Waals surface area contributed by atoms with Crippen LogP contribution in [0, 0.1) is 11.3 Å². The van der Waals surface area contributed by atoms with Gasteiger partial charge in [0.05, 0.1) is 22.8 Å². The summed E-state index contributed by atoms with van der Waals surface area (Å²) in [6.45, 7) is 8.06. The van der Waals surface area contributed by atoms with Gasteiger partial charge < -0.3 is 0 Å². The highest BCUT2D eigenvalue weighted by atomic mass is 32.2. The first-order valence-corrected chi connectivity index (χ1v) is 13.8. The van der Waals surface area contributed by atoms with E-state index >= 15 is 0 Å². The van der Waals surface area contributed by atoms with E-state index in [1.54, 1.807) is 0 Å². The highest BCUT2D eigenvalue weighted by molar-refractivity contribution is 7.92. The molecule has 1 saturated carbocycles. The van der Waals surface area contributed by atoms with E-state index in [1.165, 1.54) is 6.20 Å². The average Bonchev–Trinajstić information content (AvgIpc) is 3.43. The van der Waals surface area contributed by atoms with Crippen LogP contribution in [0.5, 0.6) is 0 Å². The number of hydrogen-bond donors (Lipinski definition) is 0. The fourth-order valence-electron chi connectivity index (χ4n) is 6.30. The molecule has 5 rings (SSSR count). The number of likely N-dealkylation sites (tertiary alicyclic amines) is 1. The van der Waals surface area contributed by atoms with E-state index in [0.29, 0.717) is 29.2 Å². The molecular formula is C24H31F3N4O2S. The monoisotopic (exact) mass is 496 g/mol. The SMILES string of the molecule is CC(C)n1nc(-c2cc(C(F)(F)F)ccn2)cc1[C@@H]1C[C@H](N2CCC3(C2)CS(=O)(=O)C3)C[C@@H]1C. The van der Waals surface area contributed by atoms with Gasteiger partial charge in [0.2, 0.25) is 0 Å². The van der Waals surface area contributed by atoms with Crippen molar-refractivity contribution in [3.8, 4) is 11.4 Å². The highest BCUT2D eigenvalue weighted by Gasteiger charge is 2.53. The first kappa shape index (κ1) is 23.8. The molecule has 0 N–H and O–H groups in total. The molecule has 2 saturated heterocycles. The van der Waals surface area contributed by atoms with Crippen LogP contribution in [-0.4, -0.2) is 58.7 Å². The van der Waals surface area contributed by atoms with Crippen LogP contribution in [0.3, 0.4) is 0 Å². The van der Waals surface area contributed by atoms with Gasteiger partial charge in [0.1, 0.15) is 5.69 Å². The topological polar surface area (TPSA) is 68.1 Å². The number of rotatable bonds is 4. The van der Waals surface area contributed by atoms with Gasteiger partial charge in [0, 0.05) is 41.9 Å². The summed E-state index contributed by atoms with van der Waals surface area (Å²) in [6, 6.07) is 4.40. The van der Waals surface area contributed by atoms with Gasteiger partial charge in [-0.3, -0.25) is 14.6 Å². The van der Waals surface area contributed by atoms with E-state index in [4.69, 9.17) is 0 Å². The summed E-state index contributed by atoms with van der Waals surface area (Å²) in [4.78, 5) is 6.64. The maximum Gasteiger partial charge on any atom is 0.416 e. The van der Waals surface area contributed by atoms with Gasteiger partial charge in [-0.25, -0.2) is 8.42 Å². The molecule has 2 aliphatic heterocycles. The minimum atomic E-state index is -4.43.